The maximum Gasteiger partial charge on any atom is 0.222 e. The van der Waals surface area contributed by atoms with Gasteiger partial charge in [-0.1, -0.05) is 46.9 Å². The van der Waals surface area contributed by atoms with Crippen LogP contribution in [0.15, 0.2) is 67.0 Å². The van der Waals surface area contributed by atoms with Gasteiger partial charge in [0, 0.05) is 53.1 Å². The summed E-state index contributed by atoms with van der Waals surface area (Å²) in [6, 6.07) is 16.9. The van der Waals surface area contributed by atoms with Crippen molar-refractivity contribution in [2.75, 3.05) is 31.1 Å². The van der Waals surface area contributed by atoms with Crippen LogP contribution in [0.4, 0.5) is 5.69 Å². The molecular formula is C24H25Cl3N3O2+. The smallest absolute Gasteiger partial charge is 0.222 e. The summed E-state index contributed by atoms with van der Waals surface area (Å²) < 4.78 is 0.963. The minimum absolute atomic E-state index is 0.0193. The fraction of sp³-hybridized carbons (Fsp3) is 0.292. The first-order chi connectivity index (χ1) is 15.2. The molecule has 2 heterocycles. The standard InChI is InChI=1S/C24H25Cl3N3O2/c1-24(31,18-8-10-29(32)11-9-18)16-28-12-13-30(22-7-6-20(26)14-21(22)27)23(15-28)17-2-4-19(25)5-3-17/h2-11,14,23,31-32H,12-13,15-16H2,1H3/q+1/t23-,24+/m0/s1. The van der Waals surface area contributed by atoms with Crippen LogP contribution in [0, 0.1) is 0 Å². The van der Waals surface area contributed by atoms with Crippen LogP contribution >= 0.6 is 34.8 Å². The first-order valence-electron chi connectivity index (χ1n) is 10.4. The number of hydrogen-bond acceptors (Lipinski definition) is 4. The molecule has 2 atom stereocenters. The van der Waals surface area contributed by atoms with Crippen molar-refractivity contribution in [1.29, 1.82) is 0 Å². The van der Waals surface area contributed by atoms with Crippen molar-refractivity contribution in [3.8, 4) is 0 Å². The van der Waals surface area contributed by atoms with E-state index in [0.717, 1.165) is 34.6 Å². The zero-order valence-corrected chi connectivity index (χ0v) is 19.9. The fourth-order valence-corrected chi connectivity index (χ4v) is 4.90. The van der Waals surface area contributed by atoms with E-state index in [2.05, 4.69) is 9.80 Å². The van der Waals surface area contributed by atoms with Gasteiger partial charge in [0.2, 0.25) is 12.4 Å². The number of pyridine rings is 1. The summed E-state index contributed by atoms with van der Waals surface area (Å²) in [6.45, 7) is 4.43. The number of β-amino-alcohol motifs (C(OH)–C–C–N with tert-alkyl or cyclic N) is 1. The van der Waals surface area contributed by atoms with Crippen molar-refractivity contribution in [2.24, 2.45) is 0 Å². The lowest BCUT2D eigenvalue weighted by Gasteiger charge is -2.45. The van der Waals surface area contributed by atoms with Gasteiger partial charge in [0.15, 0.2) is 0 Å². The summed E-state index contributed by atoms with van der Waals surface area (Å²) in [5, 5.41) is 22.6. The molecule has 1 aliphatic rings. The van der Waals surface area contributed by atoms with Crippen LogP contribution in [0.3, 0.4) is 0 Å². The summed E-state index contributed by atoms with van der Waals surface area (Å²) in [5.74, 6) is 0. The molecule has 1 saturated heterocycles. The SMILES string of the molecule is C[C@@](O)(CN1CCN(c2ccc(Cl)cc2Cl)[C@H](c2ccc(Cl)cc2)C1)c1cc[n+](O)cc1. The van der Waals surface area contributed by atoms with Crippen LogP contribution in [0.25, 0.3) is 0 Å². The van der Waals surface area contributed by atoms with Gasteiger partial charge in [-0.3, -0.25) is 10.1 Å². The molecule has 1 aliphatic heterocycles. The lowest BCUT2D eigenvalue weighted by Crippen LogP contribution is -2.52. The molecule has 0 amide bonds. The van der Waals surface area contributed by atoms with Crippen LogP contribution in [0.1, 0.15) is 24.1 Å². The Balaban J connectivity index is 1.61. The molecule has 0 unspecified atom stereocenters. The number of rotatable bonds is 5. The Kier molecular flexibility index (Phi) is 6.84. The average Bonchev–Trinajstić information content (AvgIpc) is 2.75. The van der Waals surface area contributed by atoms with Crippen LogP contribution in [-0.4, -0.2) is 41.4 Å². The molecule has 1 fully saturated rings. The van der Waals surface area contributed by atoms with Gasteiger partial charge in [0.05, 0.1) is 22.4 Å². The third-order valence-electron chi connectivity index (χ3n) is 5.91. The zero-order valence-electron chi connectivity index (χ0n) is 17.6. The normalized spacial score (nSPS) is 19.0. The van der Waals surface area contributed by atoms with E-state index in [-0.39, 0.29) is 6.04 Å². The highest BCUT2D eigenvalue weighted by Crippen LogP contribution is 2.37. The number of nitrogens with zero attached hydrogens (tertiary/aromatic N) is 3. The summed E-state index contributed by atoms with van der Waals surface area (Å²) in [5.41, 5.74) is 1.72. The second kappa shape index (κ2) is 9.46. The summed E-state index contributed by atoms with van der Waals surface area (Å²) in [4.78, 5) is 4.53. The Morgan fingerprint density at radius 1 is 0.969 bits per heavy atom. The van der Waals surface area contributed by atoms with Crippen molar-refractivity contribution in [2.45, 2.75) is 18.6 Å². The van der Waals surface area contributed by atoms with Gasteiger partial charge in [-0.2, -0.15) is 0 Å². The van der Waals surface area contributed by atoms with Gasteiger partial charge in [-0.15, -0.1) is 0 Å². The second-order valence-corrected chi connectivity index (χ2v) is 9.61. The first kappa shape index (κ1) is 23.1. The van der Waals surface area contributed by atoms with Crippen molar-refractivity contribution in [3.63, 3.8) is 0 Å². The molecule has 0 aliphatic carbocycles. The lowest BCUT2D eigenvalue weighted by atomic mass is 9.94. The molecule has 3 aromatic rings. The number of hydrogen-bond donors (Lipinski definition) is 2. The van der Waals surface area contributed by atoms with Crippen LogP contribution < -0.4 is 9.63 Å². The minimum Gasteiger partial charge on any atom is -0.384 e. The maximum absolute atomic E-state index is 11.2. The number of halogens is 3. The van der Waals surface area contributed by atoms with Gasteiger partial charge in [-0.25, -0.2) is 0 Å². The van der Waals surface area contributed by atoms with Crippen molar-refractivity contribution in [1.82, 2.24) is 4.90 Å². The average molecular weight is 494 g/mol. The Morgan fingerprint density at radius 2 is 1.62 bits per heavy atom. The maximum atomic E-state index is 11.2. The van der Waals surface area contributed by atoms with E-state index in [1.807, 2.05) is 36.4 Å². The third-order valence-corrected chi connectivity index (χ3v) is 6.70. The lowest BCUT2D eigenvalue weighted by molar-refractivity contribution is -0.904. The van der Waals surface area contributed by atoms with Crippen LogP contribution in [0.5, 0.6) is 0 Å². The van der Waals surface area contributed by atoms with Crippen molar-refractivity contribution < 1.29 is 15.0 Å². The Labute approximate surface area is 202 Å². The second-order valence-electron chi connectivity index (χ2n) is 8.33. The van der Waals surface area contributed by atoms with Crippen molar-refractivity contribution >= 4 is 40.5 Å². The van der Waals surface area contributed by atoms with Gasteiger partial charge in [-0.05, 0) is 48.4 Å². The molecule has 1 aromatic heterocycles. The molecular weight excluding hydrogens is 469 g/mol. The molecule has 2 N–H and O–H groups in total. The predicted octanol–water partition coefficient (Wildman–Crippen LogP) is 4.94. The predicted molar refractivity (Wildman–Crippen MR) is 128 cm³/mol. The molecule has 5 nitrogen and oxygen atoms in total. The van der Waals surface area contributed by atoms with Crippen LogP contribution in [-0.2, 0) is 5.60 Å². The first-order valence-corrected chi connectivity index (χ1v) is 11.5. The molecule has 8 heteroatoms. The van der Waals surface area contributed by atoms with Gasteiger partial charge < -0.3 is 10.0 Å². The number of anilines is 1. The number of aliphatic hydroxyl groups is 1. The minimum atomic E-state index is -1.07. The molecule has 4 rings (SSSR count). The Hall–Kier alpha value is -2.02. The highest BCUT2D eigenvalue weighted by atomic mass is 35.5. The largest absolute Gasteiger partial charge is 0.384 e. The molecule has 0 radical (unpaired) electrons. The summed E-state index contributed by atoms with van der Waals surface area (Å²) in [7, 11) is 0. The molecule has 168 valence electrons. The molecule has 0 bridgehead atoms. The zero-order chi connectivity index (χ0) is 22.9. The van der Waals surface area contributed by atoms with Crippen molar-refractivity contribution in [3.05, 3.63) is 93.2 Å². The number of benzene rings is 2. The number of piperazine rings is 1. The highest BCUT2D eigenvalue weighted by molar-refractivity contribution is 6.36. The van der Waals surface area contributed by atoms with E-state index in [9.17, 15) is 10.3 Å². The van der Waals surface area contributed by atoms with E-state index in [1.165, 1.54) is 12.4 Å². The molecule has 32 heavy (non-hydrogen) atoms. The topological polar surface area (TPSA) is 50.8 Å². The van der Waals surface area contributed by atoms with Gasteiger partial charge in [0.25, 0.3) is 0 Å². The molecule has 0 saturated carbocycles. The Morgan fingerprint density at radius 3 is 2.28 bits per heavy atom. The van der Waals surface area contributed by atoms with E-state index in [4.69, 9.17) is 34.8 Å². The fourth-order valence-electron chi connectivity index (χ4n) is 4.26. The quantitative estimate of drug-likeness (QED) is 0.390. The van der Waals surface area contributed by atoms with E-state index < -0.39 is 5.60 Å². The Bertz CT molecular complexity index is 1070. The van der Waals surface area contributed by atoms with E-state index >= 15 is 0 Å². The summed E-state index contributed by atoms with van der Waals surface area (Å²) in [6.07, 6.45) is 3.03. The van der Waals surface area contributed by atoms with Crippen LogP contribution in [0.2, 0.25) is 15.1 Å². The van der Waals surface area contributed by atoms with E-state index in [1.54, 1.807) is 25.1 Å². The van der Waals surface area contributed by atoms with E-state index in [0.29, 0.717) is 28.2 Å². The molecule has 0 spiro atoms. The number of aromatic nitrogens is 1. The highest BCUT2D eigenvalue weighted by Gasteiger charge is 2.34. The summed E-state index contributed by atoms with van der Waals surface area (Å²) >= 11 is 18.8. The molecule has 2 aromatic carbocycles. The van der Waals surface area contributed by atoms with Gasteiger partial charge >= 0.3 is 0 Å². The van der Waals surface area contributed by atoms with Gasteiger partial charge in [0.1, 0.15) is 0 Å². The third kappa shape index (κ3) is 5.13. The monoisotopic (exact) mass is 492 g/mol.